The molecule has 8 nitrogen and oxygen atoms in total. The van der Waals surface area contributed by atoms with Gasteiger partial charge in [-0.3, -0.25) is 13.8 Å². The summed E-state index contributed by atoms with van der Waals surface area (Å²) < 4.78 is 23.8. The lowest BCUT2D eigenvalue weighted by molar-refractivity contribution is -0.870. The van der Waals surface area contributed by atoms with Gasteiger partial charge < -0.3 is 19.8 Å². The number of hydrogen-bond donors (Lipinski definition) is 3. The average molecular weight is 943 g/mol. The zero-order valence-electron chi connectivity index (χ0n) is 44.3. The van der Waals surface area contributed by atoms with Gasteiger partial charge in [-0.15, -0.1) is 0 Å². The van der Waals surface area contributed by atoms with Gasteiger partial charge in [0.15, 0.2) is 0 Å². The number of nitrogens with zero attached hydrogens (tertiary/aromatic N) is 1. The van der Waals surface area contributed by atoms with Crippen molar-refractivity contribution in [3.05, 3.63) is 12.2 Å². The molecule has 1 amide bonds. The summed E-state index contributed by atoms with van der Waals surface area (Å²) in [6.45, 7) is 4.93. The standard InChI is InChI=1S/C56H113N2O6P/c1-6-8-10-12-14-16-18-20-22-23-24-25-26-27-28-29-30-31-32-33-34-36-38-40-42-44-46-48-50-56(60)57-54(53-64-65(61,62)63-52-51-58(3,4)5)55(59)49-47-45-43-41-39-37-35-21-19-17-15-13-11-9-7-2/h27-28,54-55,59H,6-26,29-53H2,1-5H3,(H-,57,60,61,62)/p+1/b28-27-. The first kappa shape index (κ1) is 64.2. The molecule has 0 saturated carbocycles. The van der Waals surface area contributed by atoms with Crippen LogP contribution >= 0.6 is 7.82 Å². The van der Waals surface area contributed by atoms with E-state index in [1.165, 1.54) is 225 Å². The number of amides is 1. The van der Waals surface area contributed by atoms with E-state index in [0.29, 0.717) is 23.9 Å². The van der Waals surface area contributed by atoms with E-state index in [1.54, 1.807) is 0 Å². The Morgan fingerprint density at radius 3 is 1.18 bits per heavy atom. The molecule has 0 aliphatic heterocycles. The molecule has 3 unspecified atom stereocenters. The number of likely N-dealkylation sites (N-methyl/N-ethyl adjacent to an activating group) is 1. The maximum atomic E-state index is 13.0. The van der Waals surface area contributed by atoms with Gasteiger partial charge in [0.25, 0.3) is 0 Å². The molecule has 388 valence electrons. The molecular formula is C56H114N2O6P+. The lowest BCUT2D eigenvalue weighted by Gasteiger charge is -2.26. The maximum Gasteiger partial charge on any atom is 0.472 e. The van der Waals surface area contributed by atoms with E-state index >= 15 is 0 Å². The van der Waals surface area contributed by atoms with Crippen molar-refractivity contribution in [2.24, 2.45) is 0 Å². The molecule has 0 aromatic rings. The summed E-state index contributed by atoms with van der Waals surface area (Å²) in [6.07, 6.45) is 58.4. The average Bonchev–Trinajstić information content (AvgIpc) is 3.26. The van der Waals surface area contributed by atoms with E-state index in [9.17, 15) is 19.4 Å². The summed E-state index contributed by atoms with van der Waals surface area (Å²) in [5.41, 5.74) is 0. The van der Waals surface area contributed by atoms with Crippen LogP contribution < -0.4 is 5.32 Å². The van der Waals surface area contributed by atoms with Gasteiger partial charge in [-0.05, 0) is 38.5 Å². The third kappa shape index (κ3) is 50.9. The van der Waals surface area contributed by atoms with Crippen LogP contribution in [0.1, 0.15) is 290 Å². The summed E-state index contributed by atoms with van der Waals surface area (Å²) in [7, 11) is 1.63. The van der Waals surface area contributed by atoms with Crippen molar-refractivity contribution < 1.29 is 32.9 Å². The van der Waals surface area contributed by atoms with Crippen molar-refractivity contribution in [3.8, 4) is 0 Å². The summed E-state index contributed by atoms with van der Waals surface area (Å²) >= 11 is 0. The van der Waals surface area contributed by atoms with Gasteiger partial charge >= 0.3 is 7.82 Å². The Balaban J connectivity index is 4.07. The minimum absolute atomic E-state index is 0.0772. The van der Waals surface area contributed by atoms with E-state index in [0.717, 1.165) is 38.5 Å². The van der Waals surface area contributed by atoms with Gasteiger partial charge in [0.2, 0.25) is 5.91 Å². The van der Waals surface area contributed by atoms with Crippen LogP contribution in [0, 0.1) is 0 Å². The molecule has 0 fully saturated rings. The van der Waals surface area contributed by atoms with Crippen LogP contribution in [0.5, 0.6) is 0 Å². The van der Waals surface area contributed by atoms with Crippen molar-refractivity contribution in [1.82, 2.24) is 5.32 Å². The minimum Gasteiger partial charge on any atom is -0.391 e. The van der Waals surface area contributed by atoms with Crippen molar-refractivity contribution in [2.75, 3.05) is 40.9 Å². The zero-order chi connectivity index (χ0) is 47.8. The Morgan fingerprint density at radius 2 is 0.831 bits per heavy atom. The third-order valence-corrected chi connectivity index (χ3v) is 14.2. The number of hydrogen-bond acceptors (Lipinski definition) is 5. The Hall–Kier alpha value is -0.760. The molecule has 0 saturated heterocycles. The quantitative estimate of drug-likeness (QED) is 0.0243. The fraction of sp³-hybridized carbons (Fsp3) is 0.946. The lowest BCUT2D eigenvalue weighted by atomic mass is 10.0. The molecule has 0 aliphatic rings. The number of phosphoric ester groups is 1. The van der Waals surface area contributed by atoms with Crippen molar-refractivity contribution in [2.45, 2.75) is 302 Å². The Kier molecular flexibility index (Phi) is 47.7. The fourth-order valence-corrected chi connectivity index (χ4v) is 9.49. The SMILES string of the molecule is CCCCCCCCCCCCCC/C=C\CCCCCCCCCCCCCCC(=O)NC(COP(=O)(O)OCC[N+](C)(C)C)C(O)CCCCCCCCCCCCCCCCC. The molecule has 65 heavy (non-hydrogen) atoms. The number of nitrogens with one attached hydrogen (secondary N) is 1. The summed E-state index contributed by atoms with van der Waals surface area (Å²) in [5, 5.41) is 14.0. The molecule has 3 N–H and O–H groups in total. The monoisotopic (exact) mass is 942 g/mol. The van der Waals surface area contributed by atoms with Gasteiger partial charge in [-0.25, -0.2) is 4.57 Å². The van der Waals surface area contributed by atoms with Crippen LogP contribution in [0.3, 0.4) is 0 Å². The van der Waals surface area contributed by atoms with Crippen LogP contribution in [0.2, 0.25) is 0 Å². The molecular weight excluding hydrogens is 828 g/mol. The van der Waals surface area contributed by atoms with Crippen LogP contribution in [0.25, 0.3) is 0 Å². The molecule has 0 rings (SSSR count). The zero-order valence-corrected chi connectivity index (χ0v) is 45.2. The number of carbonyl (C=O) groups is 1. The summed E-state index contributed by atoms with van der Waals surface area (Å²) in [6, 6.07) is -0.757. The highest BCUT2D eigenvalue weighted by Gasteiger charge is 2.28. The first-order valence-corrected chi connectivity index (χ1v) is 30.0. The van der Waals surface area contributed by atoms with Gasteiger partial charge in [0.1, 0.15) is 13.2 Å². The highest BCUT2D eigenvalue weighted by atomic mass is 31.2. The highest BCUT2D eigenvalue weighted by molar-refractivity contribution is 7.47. The van der Waals surface area contributed by atoms with Gasteiger partial charge in [-0.2, -0.15) is 0 Å². The normalized spacial score (nSPS) is 14.0. The van der Waals surface area contributed by atoms with Crippen LogP contribution in [0.4, 0.5) is 0 Å². The fourth-order valence-electron chi connectivity index (χ4n) is 8.75. The van der Waals surface area contributed by atoms with E-state index < -0.39 is 20.0 Å². The Morgan fingerprint density at radius 1 is 0.508 bits per heavy atom. The van der Waals surface area contributed by atoms with Gasteiger partial charge in [0.05, 0.1) is 39.9 Å². The third-order valence-electron chi connectivity index (χ3n) is 13.3. The van der Waals surface area contributed by atoms with Crippen molar-refractivity contribution in [1.29, 1.82) is 0 Å². The molecule has 0 aromatic carbocycles. The number of allylic oxidation sites excluding steroid dienone is 2. The van der Waals surface area contributed by atoms with Crippen LogP contribution in [-0.2, 0) is 18.4 Å². The maximum absolute atomic E-state index is 13.0. The Bertz CT molecular complexity index is 1070. The van der Waals surface area contributed by atoms with Crippen LogP contribution in [0.15, 0.2) is 12.2 Å². The smallest absolute Gasteiger partial charge is 0.391 e. The Labute approximate surface area is 405 Å². The van der Waals surface area contributed by atoms with Crippen LogP contribution in [-0.4, -0.2) is 73.4 Å². The molecule has 0 radical (unpaired) electrons. The number of aliphatic hydroxyl groups is 1. The highest BCUT2D eigenvalue weighted by Crippen LogP contribution is 2.43. The van der Waals surface area contributed by atoms with Gasteiger partial charge in [0, 0.05) is 6.42 Å². The van der Waals surface area contributed by atoms with Crippen molar-refractivity contribution >= 4 is 13.7 Å². The summed E-state index contributed by atoms with van der Waals surface area (Å²) in [4.78, 5) is 23.3. The molecule has 0 aliphatic carbocycles. The number of phosphoric acid groups is 1. The first-order chi connectivity index (χ1) is 31.5. The molecule has 0 spiro atoms. The topological polar surface area (TPSA) is 105 Å². The second kappa shape index (κ2) is 48.3. The number of quaternary nitrogens is 1. The van der Waals surface area contributed by atoms with E-state index in [4.69, 9.17) is 9.05 Å². The largest absolute Gasteiger partial charge is 0.472 e. The van der Waals surface area contributed by atoms with Crippen molar-refractivity contribution in [3.63, 3.8) is 0 Å². The minimum atomic E-state index is -4.32. The summed E-state index contributed by atoms with van der Waals surface area (Å²) in [5.74, 6) is -0.140. The molecule has 3 atom stereocenters. The predicted molar refractivity (Wildman–Crippen MR) is 282 cm³/mol. The number of carbonyl (C=O) groups excluding carboxylic acids is 1. The first-order valence-electron chi connectivity index (χ1n) is 28.6. The lowest BCUT2D eigenvalue weighted by Crippen LogP contribution is -2.46. The molecule has 9 heteroatoms. The molecule has 0 heterocycles. The number of unbranched alkanes of at least 4 members (excludes halogenated alkanes) is 38. The molecule has 0 aromatic heterocycles. The predicted octanol–water partition coefficient (Wildman–Crippen LogP) is 17.0. The second-order valence-electron chi connectivity index (χ2n) is 21.0. The number of aliphatic hydroxyl groups excluding tert-OH is 1. The van der Waals surface area contributed by atoms with E-state index in [-0.39, 0.29) is 19.1 Å². The second-order valence-corrected chi connectivity index (χ2v) is 22.5. The number of rotatable bonds is 53. The van der Waals surface area contributed by atoms with E-state index in [1.807, 2.05) is 21.1 Å². The van der Waals surface area contributed by atoms with Gasteiger partial charge in [-0.1, -0.05) is 257 Å². The van der Waals surface area contributed by atoms with E-state index in [2.05, 4.69) is 31.3 Å². The molecule has 0 bridgehead atoms.